The molecule has 1 aliphatic rings. The minimum Gasteiger partial charge on any atom is -0.383 e. The number of fused-ring (bicyclic) bond motifs is 1. The summed E-state index contributed by atoms with van der Waals surface area (Å²) in [5.41, 5.74) is 1.96. The van der Waals surface area contributed by atoms with Gasteiger partial charge < -0.3 is 14.6 Å². The number of methoxy groups -OCH3 is 1. The highest BCUT2D eigenvalue weighted by Gasteiger charge is 2.19. The van der Waals surface area contributed by atoms with Crippen LogP contribution in [0.5, 0.6) is 0 Å². The zero-order valence-corrected chi connectivity index (χ0v) is 11.3. The fourth-order valence-electron chi connectivity index (χ4n) is 2.73. The van der Waals surface area contributed by atoms with Crippen molar-refractivity contribution in [1.82, 2.24) is 19.9 Å². The van der Waals surface area contributed by atoms with Crippen molar-refractivity contribution >= 4 is 11.2 Å². The maximum atomic E-state index is 5.20. The van der Waals surface area contributed by atoms with Crippen molar-refractivity contribution in [3.63, 3.8) is 0 Å². The zero-order valence-electron chi connectivity index (χ0n) is 11.3. The van der Waals surface area contributed by atoms with Gasteiger partial charge in [0.1, 0.15) is 11.3 Å². The SMILES string of the molecule is COCCn1c(CC2CCNC2)nc2cccnc21. The molecule has 19 heavy (non-hydrogen) atoms. The van der Waals surface area contributed by atoms with Gasteiger partial charge in [-0.25, -0.2) is 9.97 Å². The van der Waals surface area contributed by atoms with Crippen molar-refractivity contribution in [2.24, 2.45) is 5.92 Å². The van der Waals surface area contributed by atoms with Gasteiger partial charge in [0.15, 0.2) is 5.65 Å². The van der Waals surface area contributed by atoms with E-state index in [1.807, 2.05) is 18.3 Å². The Morgan fingerprint density at radius 3 is 3.26 bits per heavy atom. The average Bonchev–Trinajstić information content (AvgIpc) is 3.04. The fraction of sp³-hybridized carbons (Fsp3) is 0.571. The Morgan fingerprint density at radius 1 is 1.53 bits per heavy atom. The number of imidazole rings is 1. The first-order valence-corrected chi connectivity index (χ1v) is 6.88. The third-order valence-electron chi connectivity index (χ3n) is 3.74. The number of ether oxygens (including phenoxy) is 1. The van der Waals surface area contributed by atoms with Gasteiger partial charge in [-0.2, -0.15) is 0 Å². The summed E-state index contributed by atoms with van der Waals surface area (Å²) in [4.78, 5) is 9.20. The molecule has 0 aliphatic carbocycles. The maximum Gasteiger partial charge on any atom is 0.160 e. The number of rotatable bonds is 5. The number of hydrogen-bond acceptors (Lipinski definition) is 4. The summed E-state index contributed by atoms with van der Waals surface area (Å²) in [5, 5.41) is 3.41. The molecule has 0 bridgehead atoms. The summed E-state index contributed by atoms with van der Waals surface area (Å²) in [6.07, 6.45) is 4.09. The van der Waals surface area contributed by atoms with Crippen molar-refractivity contribution < 1.29 is 4.74 Å². The molecule has 0 aromatic carbocycles. The molecule has 0 spiro atoms. The van der Waals surface area contributed by atoms with E-state index in [0.717, 1.165) is 43.0 Å². The van der Waals surface area contributed by atoms with Gasteiger partial charge in [0.2, 0.25) is 0 Å². The predicted molar refractivity (Wildman–Crippen MR) is 74.1 cm³/mol. The van der Waals surface area contributed by atoms with E-state index in [1.54, 1.807) is 7.11 Å². The highest BCUT2D eigenvalue weighted by atomic mass is 16.5. The van der Waals surface area contributed by atoms with Crippen molar-refractivity contribution in [2.75, 3.05) is 26.8 Å². The van der Waals surface area contributed by atoms with Gasteiger partial charge in [-0.05, 0) is 37.6 Å². The molecule has 0 amide bonds. The lowest BCUT2D eigenvalue weighted by Crippen LogP contribution is -2.15. The van der Waals surface area contributed by atoms with Gasteiger partial charge in [-0.3, -0.25) is 0 Å². The number of nitrogens with zero attached hydrogens (tertiary/aromatic N) is 3. The van der Waals surface area contributed by atoms with E-state index in [4.69, 9.17) is 9.72 Å². The normalized spacial score (nSPS) is 19.3. The lowest BCUT2D eigenvalue weighted by atomic mass is 10.0. The summed E-state index contributed by atoms with van der Waals surface area (Å²) in [6.45, 7) is 3.74. The molecule has 102 valence electrons. The molecule has 0 saturated carbocycles. The zero-order chi connectivity index (χ0) is 13.1. The molecular weight excluding hydrogens is 240 g/mol. The summed E-state index contributed by atoms with van der Waals surface area (Å²) < 4.78 is 7.41. The van der Waals surface area contributed by atoms with Gasteiger partial charge in [0.05, 0.1) is 6.61 Å². The smallest absolute Gasteiger partial charge is 0.160 e. The summed E-state index contributed by atoms with van der Waals surface area (Å²) in [7, 11) is 1.73. The largest absolute Gasteiger partial charge is 0.383 e. The van der Waals surface area contributed by atoms with Crippen LogP contribution in [0.4, 0.5) is 0 Å². The Balaban J connectivity index is 1.91. The van der Waals surface area contributed by atoms with Crippen molar-refractivity contribution in [3.05, 3.63) is 24.2 Å². The molecule has 3 rings (SSSR count). The lowest BCUT2D eigenvalue weighted by molar-refractivity contribution is 0.187. The van der Waals surface area contributed by atoms with E-state index in [-0.39, 0.29) is 0 Å². The number of nitrogens with one attached hydrogen (secondary N) is 1. The van der Waals surface area contributed by atoms with Gasteiger partial charge >= 0.3 is 0 Å². The molecule has 1 aliphatic heterocycles. The molecule has 2 aromatic heterocycles. The molecule has 1 saturated heterocycles. The molecule has 1 unspecified atom stereocenters. The first-order chi connectivity index (χ1) is 9.38. The van der Waals surface area contributed by atoms with Crippen LogP contribution in [0.25, 0.3) is 11.2 Å². The van der Waals surface area contributed by atoms with Crippen LogP contribution in [0.2, 0.25) is 0 Å². The molecule has 1 atom stereocenters. The Morgan fingerprint density at radius 2 is 2.47 bits per heavy atom. The molecule has 5 heteroatoms. The summed E-state index contributed by atoms with van der Waals surface area (Å²) >= 11 is 0. The van der Waals surface area contributed by atoms with Crippen LogP contribution in [0.1, 0.15) is 12.2 Å². The number of pyridine rings is 1. The van der Waals surface area contributed by atoms with E-state index < -0.39 is 0 Å². The second-order valence-electron chi connectivity index (χ2n) is 5.08. The second-order valence-corrected chi connectivity index (χ2v) is 5.08. The third-order valence-corrected chi connectivity index (χ3v) is 3.74. The van der Waals surface area contributed by atoms with Crippen LogP contribution < -0.4 is 5.32 Å². The van der Waals surface area contributed by atoms with Crippen LogP contribution in [-0.4, -0.2) is 41.3 Å². The van der Waals surface area contributed by atoms with Gasteiger partial charge in [-0.15, -0.1) is 0 Å². The molecule has 0 radical (unpaired) electrons. The molecule has 5 nitrogen and oxygen atoms in total. The van der Waals surface area contributed by atoms with E-state index in [9.17, 15) is 0 Å². The maximum absolute atomic E-state index is 5.20. The molecule has 1 N–H and O–H groups in total. The van der Waals surface area contributed by atoms with Crippen molar-refractivity contribution in [1.29, 1.82) is 0 Å². The predicted octanol–water partition coefficient (Wildman–Crippen LogP) is 1.23. The summed E-state index contributed by atoms with van der Waals surface area (Å²) in [6, 6.07) is 3.97. The average molecular weight is 260 g/mol. The molecule has 1 fully saturated rings. The molecule has 2 aromatic rings. The quantitative estimate of drug-likeness (QED) is 0.878. The van der Waals surface area contributed by atoms with Crippen LogP contribution >= 0.6 is 0 Å². The molecule has 3 heterocycles. The van der Waals surface area contributed by atoms with Crippen molar-refractivity contribution in [2.45, 2.75) is 19.4 Å². The van der Waals surface area contributed by atoms with Crippen LogP contribution in [0, 0.1) is 5.92 Å². The highest BCUT2D eigenvalue weighted by Crippen LogP contribution is 2.19. The summed E-state index contributed by atoms with van der Waals surface area (Å²) in [5.74, 6) is 1.83. The Labute approximate surface area is 113 Å². The topological polar surface area (TPSA) is 52.0 Å². The lowest BCUT2D eigenvalue weighted by Gasteiger charge is -2.11. The first-order valence-electron chi connectivity index (χ1n) is 6.88. The Hall–Kier alpha value is -1.46. The standard InChI is InChI=1S/C14H20N4O/c1-19-8-7-18-13(9-11-4-6-15-10-11)17-12-3-2-5-16-14(12)18/h2-3,5,11,15H,4,6-10H2,1H3. The van der Waals surface area contributed by atoms with E-state index in [1.165, 1.54) is 6.42 Å². The second kappa shape index (κ2) is 5.67. The van der Waals surface area contributed by atoms with Crippen LogP contribution in [0.15, 0.2) is 18.3 Å². The van der Waals surface area contributed by atoms with Gasteiger partial charge in [0.25, 0.3) is 0 Å². The van der Waals surface area contributed by atoms with Crippen LogP contribution in [-0.2, 0) is 17.7 Å². The minimum atomic E-state index is 0.692. The third kappa shape index (κ3) is 2.62. The van der Waals surface area contributed by atoms with Crippen molar-refractivity contribution in [3.8, 4) is 0 Å². The minimum absolute atomic E-state index is 0.692. The fourth-order valence-corrected chi connectivity index (χ4v) is 2.73. The van der Waals surface area contributed by atoms with E-state index >= 15 is 0 Å². The Bertz CT molecular complexity index is 545. The first kappa shape index (κ1) is 12.6. The number of aromatic nitrogens is 3. The Kier molecular flexibility index (Phi) is 3.75. The van der Waals surface area contributed by atoms with E-state index in [0.29, 0.717) is 12.5 Å². The number of hydrogen-bond donors (Lipinski definition) is 1. The molecular formula is C14H20N4O. The monoisotopic (exact) mass is 260 g/mol. The van der Waals surface area contributed by atoms with Gasteiger partial charge in [0, 0.05) is 26.3 Å². The van der Waals surface area contributed by atoms with Crippen LogP contribution in [0.3, 0.4) is 0 Å². The van der Waals surface area contributed by atoms with Gasteiger partial charge in [-0.1, -0.05) is 0 Å². The van der Waals surface area contributed by atoms with E-state index in [2.05, 4.69) is 14.9 Å². The highest BCUT2D eigenvalue weighted by molar-refractivity contribution is 5.71.